The molecule has 104 valence electrons. The molecule has 0 fully saturated rings. The van der Waals surface area contributed by atoms with Crippen LogP contribution in [-0.2, 0) is 11.3 Å². The van der Waals surface area contributed by atoms with Gasteiger partial charge in [-0.2, -0.15) is 0 Å². The first kappa shape index (κ1) is 13.8. The molecule has 0 bridgehead atoms. The summed E-state index contributed by atoms with van der Waals surface area (Å²) >= 11 is 0. The van der Waals surface area contributed by atoms with Gasteiger partial charge in [0, 0.05) is 29.3 Å². The topological polar surface area (TPSA) is 111 Å². The maximum absolute atomic E-state index is 10.6. The number of aromatic nitrogens is 1. The lowest BCUT2D eigenvalue weighted by atomic mass is 10.0. The lowest BCUT2D eigenvalue weighted by Gasteiger charge is -2.11. The van der Waals surface area contributed by atoms with Crippen LogP contribution in [0.4, 0.5) is 4.79 Å². The fourth-order valence-electron chi connectivity index (χ4n) is 1.92. The molecular weight excluding hydrogens is 258 g/mol. The number of pyridine rings is 1. The standard InChI is InChI=1S/C14H15N3O3/c1-8(7-20-14(16)19)10-3-2-4-11-12(10)17-6-9(5-15)13(11)18/h2-4,6H,1,5,7,15H2,(H2,16,19)(H,17,18). The summed E-state index contributed by atoms with van der Waals surface area (Å²) < 4.78 is 4.71. The maximum Gasteiger partial charge on any atom is 0.404 e. The number of nitrogens with zero attached hydrogens (tertiary/aromatic N) is 1. The molecule has 0 spiro atoms. The number of nitrogens with two attached hydrogens (primary N) is 2. The van der Waals surface area contributed by atoms with Gasteiger partial charge in [0.15, 0.2) is 0 Å². The van der Waals surface area contributed by atoms with E-state index in [9.17, 15) is 9.90 Å². The van der Waals surface area contributed by atoms with Crippen LogP contribution in [0.25, 0.3) is 16.5 Å². The molecule has 1 aromatic heterocycles. The van der Waals surface area contributed by atoms with Crippen LogP contribution >= 0.6 is 0 Å². The van der Waals surface area contributed by atoms with Crippen LogP contribution in [0.5, 0.6) is 5.75 Å². The first-order valence-electron chi connectivity index (χ1n) is 5.94. The van der Waals surface area contributed by atoms with E-state index in [0.717, 1.165) is 0 Å². The minimum Gasteiger partial charge on any atom is -0.507 e. The largest absolute Gasteiger partial charge is 0.507 e. The number of hydrogen-bond acceptors (Lipinski definition) is 5. The Kier molecular flexibility index (Phi) is 3.86. The maximum atomic E-state index is 10.6. The van der Waals surface area contributed by atoms with Gasteiger partial charge >= 0.3 is 6.09 Å². The molecule has 6 nitrogen and oxygen atoms in total. The molecule has 0 aliphatic heterocycles. The van der Waals surface area contributed by atoms with Crippen molar-refractivity contribution in [2.24, 2.45) is 11.5 Å². The predicted octanol–water partition coefficient (Wildman–Crippen LogP) is 1.51. The molecule has 0 radical (unpaired) electrons. The minimum absolute atomic E-state index is 0.0322. The summed E-state index contributed by atoms with van der Waals surface area (Å²) in [5.41, 5.74) is 12.8. The highest BCUT2D eigenvalue weighted by Crippen LogP contribution is 2.31. The Hall–Kier alpha value is -2.60. The monoisotopic (exact) mass is 273 g/mol. The van der Waals surface area contributed by atoms with Crippen molar-refractivity contribution >= 4 is 22.6 Å². The zero-order valence-electron chi connectivity index (χ0n) is 10.8. The lowest BCUT2D eigenvalue weighted by molar-refractivity contribution is 0.171. The summed E-state index contributed by atoms with van der Waals surface area (Å²) in [6.07, 6.45) is 0.649. The van der Waals surface area contributed by atoms with Crippen molar-refractivity contribution < 1.29 is 14.6 Å². The molecular formula is C14H15N3O3. The second-order valence-corrected chi connectivity index (χ2v) is 4.25. The summed E-state index contributed by atoms with van der Waals surface area (Å²) in [6.45, 7) is 4.01. The normalized spacial score (nSPS) is 10.4. The summed E-state index contributed by atoms with van der Waals surface area (Å²) in [5.74, 6) is 0.1000. The second kappa shape index (κ2) is 5.58. The average Bonchev–Trinajstić information content (AvgIpc) is 2.44. The van der Waals surface area contributed by atoms with E-state index in [1.807, 2.05) is 0 Å². The second-order valence-electron chi connectivity index (χ2n) is 4.25. The van der Waals surface area contributed by atoms with Crippen LogP contribution in [0, 0.1) is 0 Å². The van der Waals surface area contributed by atoms with Gasteiger partial charge in [-0.05, 0) is 11.6 Å². The number of fused-ring (bicyclic) bond motifs is 1. The smallest absolute Gasteiger partial charge is 0.404 e. The van der Waals surface area contributed by atoms with Crippen molar-refractivity contribution in [1.29, 1.82) is 0 Å². The van der Waals surface area contributed by atoms with Gasteiger partial charge < -0.3 is 21.3 Å². The predicted molar refractivity (Wildman–Crippen MR) is 75.9 cm³/mol. The van der Waals surface area contributed by atoms with Crippen LogP contribution in [0.3, 0.4) is 0 Å². The van der Waals surface area contributed by atoms with E-state index in [2.05, 4.69) is 11.6 Å². The summed E-state index contributed by atoms with van der Waals surface area (Å²) in [7, 11) is 0. The molecule has 1 heterocycles. The highest BCUT2D eigenvalue weighted by molar-refractivity contribution is 5.94. The molecule has 0 saturated carbocycles. The molecule has 2 rings (SSSR count). The Morgan fingerprint density at radius 3 is 2.85 bits per heavy atom. The first-order valence-corrected chi connectivity index (χ1v) is 5.94. The quantitative estimate of drug-likeness (QED) is 0.781. The van der Waals surface area contributed by atoms with E-state index in [-0.39, 0.29) is 18.9 Å². The van der Waals surface area contributed by atoms with Crippen molar-refractivity contribution in [2.45, 2.75) is 6.54 Å². The number of amides is 1. The number of carbonyl (C=O) groups excluding carboxylic acids is 1. The van der Waals surface area contributed by atoms with Crippen molar-refractivity contribution in [3.63, 3.8) is 0 Å². The average molecular weight is 273 g/mol. The number of ether oxygens (including phenoxy) is 1. The first-order chi connectivity index (χ1) is 9.54. The van der Waals surface area contributed by atoms with Crippen LogP contribution in [-0.4, -0.2) is 22.8 Å². The fourth-order valence-corrected chi connectivity index (χ4v) is 1.92. The lowest BCUT2D eigenvalue weighted by Crippen LogP contribution is -2.14. The van der Waals surface area contributed by atoms with Crippen LogP contribution < -0.4 is 11.5 Å². The molecule has 0 unspecified atom stereocenters. The molecule has 0 aliphatic rings. The third-order valence-corrected chi connectivity index (χ3v) is 2.93. The molecule has 6 heteroatoms. The number of primary amides is 1. The van der Waals surface area contributed by atoms with Crippen LogP contribution in [0.1, 0.15) is 11.1 Å². The minimum atomic E-state index is -0.868. The summed E-state index contributed by atoms with van der Waals surface area (Å²) in [4.78, 5) is 14.9. The van der Waals surface area contributed by atoms with E-state index in [1.165, 1.54) is 6.20 Å². The molecule has 20 heavy (non-hydrogen) atoms. The SMILES string of the molecule is C=C(COC(N)=O)c1cccc2c(O)c(CN)cnc12. The highest BCUT2D eigenvalue weighted by atomic mass is 16.5. The number of para-hydroxylation sites is 1. The van der Waals surface area contributed by atoms with Gasteiger partial charge in [0.05, 0.1) is 5.52 Å². The molecule has 1 aromatic carbocycles. The summed E-state index contributed by atoms with van der Waals surface area (Å²) in [6, 6.07) is 5.28. The van der Waals surface area contributed by atoms with Crippen molar-refractivity contribution in [2.75, 3.05) is 6.61 Å². The number of aromatic hydroxyl groups is 1. The van der Waals surface area contributed by atoms with E-state index in [4.69, 9.17) is 16.2 Å². The van der Waals surface area contributed by atoms with Crippen molar-refractivity contribution in [3.05, 3.63) is 42.1 Å². The number of rotatable bonds is 4. The Bertz CT molecular complexity index is 683. The van der Waals surface area contributed by atoms with Gasteiger partial charge in [0.25, 0.3) is 0 Å². The summed E-state index contributed by atoms with van der Waals surface area (Å²) in [5, 5.41) is 10.7. The van der Waals surface area contributed by atoms with Crippen molar-refractivity contribution in [1.82, 2.24) is 4.98 Å². The molecule has 2 aromatic rings. The number of benzene rings is 1. The van der Waals surface area contributed by atoms with Gasteiger partial charge in [0.2, 0.25) is 0 Å². The Morgan fingerprint density at radius 2 is 2.20 bits per heavy atom. The van der Waals surface area contributed by atoms with Gasteiger partial charge in [-0.3, -0.25) is 4.98 Å². The number of hydrogen-bond donors (Lipinski definition) is 3. The van der Waals surface area contributed by atoms with Crippen LogP contribution in [0.15, 0.2) is 31.0 Å². The molecule has 0 atom stereocenters. The van der Waals surface area contributed by atoms with Crippen molar-refractivity contribution in [3.8, 4) is 5.75 Å². The molecule has 5 N–H and O–H groups in total. The highest BCUT2D eigenvalue weighted by Gasteiger charge is 2.12. The fraction of sp³-hybridized carbons (Fsp3) is 0.143. The van der Waals surface area contributed by atoms with E-state index < -0.39 is 6.09 Å². The van der Waals surface area contributed by atoms with Gasteiger partial charge in [-0.15, -0.1) is 0 Å². The molecule has 0 saturated heterocycles. The van der Waals surface area contributed by atoms with E-state index >= 15 is 0 Å². The Morgan fingerprint density at radius 1 is 1.45 bits per heavy atom. The van der Waals surface area contributed by atoms with Crippen LogP contribution in [0.2, 0.25) is 0 Å². The number of carbonyl (C=O) groups is 1. The third kappa shape index (κ3) is 2.55. The van der Waals surface area contributed by atoms with E-state index in [1.54, 1.807) is 18.2 Å². The zero-order valence-corrected chi connectivity index (χ0v) is 10.8. The van der Waals surface area contributed by atoms with Gasteiger partial charge in [-0.25, -0.2) is 4.79 Å². The Labute approximate surface area is 115 Å². The van der Waals surface area contributed by atoms with Gasteiger partial charge in [-0.1, -0.05) is 18.7 Å². The molecule has 1 amide bonds. The van der Waals surface area contributed by atoms with Gasteiger partial charge in [0.1, 0.15) is 12.4 Å². The Balaban J connectivity index is 2.47. The molecule has 0 aliphatic carbocycles. The zero-order chi connectivity index (χ0) is 14.7. The van der Waals surface area contributed by atoms with E-state index in [0.29, 0.717) is 27.6 Å². The third-order valence-electron chi connectivity index (χ3n) is 2.93.